The molecule has 0 bridgehead atoms. The Morgan fingerprint density at radius 2 is 2.10 bits per heavy atom. The largest absolute Gasteiger partial charge is 0.362 e. The molecule has 0 fully saturated rings. The Morgan fingerprint density at radius 1 is 1.38 bits per heavy atom. The quantitative estimate of drug-likeness (QED) is 0.624. The van der Waals surface area contributed by atoms with Gasteiger partial charge >= 0.3 is 0 Å². The van der Waals surface area contributed by atoms with Crippen LogP contribution in [-0.4, -0.2) is 21.4 Å². The molecule has 0 aliphatic carbocycles. The molecule has 1 aromatic heterocycles. The van der Waals surface area contributed by atoms with Crippen molar-refractivity contribution in [2.75, 3.05) is 11.9 Å². The van der Waals surface area contributed by atoms with E-state index in [0.29, 0.717) is 5.11 Å². The highest BCUT2D eigenvalue weighted by molar-refractivity contribution is 9.10. The summed E-state index contributed by atoms with van der Waals surface area (Å²) in [6.45, 7) is 3.52. The zero-order valence-electron chi connectivity index (χ0n) is 11.6. The number of hydrogen-bond acceptors (Lipinski definition) is 2. The van der Waals surface area contributed by atoms with Crippen molar-refractivity contribution >= 4 is 38.9 Å². The standard InChI is InChI=1S/C14H16BrFN4S/c1-10-13(15)9-20(19-10)8-2-7-17-14(21)18-12-5-3-11(16)4-6-12/h3-6,9H,2,7-8H2,1H3,(H2,17,18,21). The molecule has 4 nitrogen and oxygen atoms in total. The van der Waals surface area contributed by atoms with Gasteiger partial charge in [-0.15, -0.1) is 0 Å². The molecular weight excluding hydrogens is 355 g/mol. The van der Waals surface area contributed by atoms with Crippen LogP contribution in [0, 0.1) is 12.7 Å². The van der Waals surface area contributed by atoms with Crippen molar-refractivity contribution in [2.45, 2.75) is 19.9 Å². The first kappa shape index (κ1) is 15.9. The number of rotatable bonds is 5. The Bertz CT molecular complexity index is 592. The molecular formula is C14H16BrFN4S. The lowest BCUT2D eigenvalue weighted by atomic mass is 10.3. The van der Waals surface area contributed by atoms with Crippen molar-refractivity contribution in [2.24, 2.45) is 0 Å². The van der Waals surface area contributed by atoms with E-state index in [9.17, 15) is 4.39 Å². The summed E-state index contributed by atoms with van der Waals surface area (Å²) in [6.07, 6.45) is 2.86. The van der Waals surface area contributed by atoms with Crippen molar-refractivity contribution < 1.29 is 4.39 Å². The van der Waals surface area contributed by atoms with Crippen molar-refractivity contribution in [1.82, 2.24) is 15.1 Å². The van der Waals surface area contributed by atoms with Crippen LogP contribution >= 0.6 is 28.1 Å². The van der Waals surface area contributed by atoms with Crippen molar-refractivity contribution in [3.05, 3.63) is 46.4 Å². The van der Waals surface area contributed by atoms with E-state index in [1.165, 1.54) is 12.1 Å². The zero-order chi connectivity index (χ0) is 15.2. The monoisotopic (exact) mass is 370 g/mol. The fourth-order valence-corrected chi connectivity index (χ4v) is 2.30. The van der Waals surface area contributed by atoms with E-state index < -0.39 is 0 Å². The molecule has 0 spiro atoms. The summed E-state index contributed by atoms with van der Waals surface area (Å²) in [4.78, 5) is 0. The summed E-state index contributed by atoms with van der Waals surface area (Å²) in [5.74, 6) is -0.264. The van der Waals surface area contributed by atoms with Gasteiger partial charge in [0, 0.05) is 25.0 Å². The molecule has 21 heavy (non-hydrogen) atoms. The van der Waals surface area contributed by atoms with Gasteiger partial charge in [-0.05, 0) is 65.8 Å². The predicted octanol–water partition coefficient (Wildman–Crippen LogP) is 3.47. The maximum atomic E-state index is 12.8. The van der Waals surface area contributed by atoms with Crippen LogP contribution in [0.3, 0.4) is 0 Å². The maximum Gasteiger partial charge on any atom is 0.170 e. The maximum absolute atomic E-state index is 12.8. The fourth-order valence-electron chi connectivity index (χ4n) is 1.76. The van der Waals surface area contributed by atoms with Crippen molar-refractivity contribution in [3.8, 4) is 0 Å². The third kappa shape index (κ3) is 5.09. The van der Waals surface area contributed by atoms with Gasteiger partial charge in [-0.1, -0.05) is 0 Å². The smallest absolute Gasteiger partial charge is 0.170 e. The molecule has 112 valence electrons. The lowest BCUT2D eigenvalue weighted by Gasteiger charge is -2.10. The molecule has 7 heteroatoms. The second kappa shape index (κ2) is 7.51. The summed E-state index contributed by atoms with van der Waals surface area (Å²) in [5, 5.41) is 11.0. The highest BCUT2D eigenvalue weighted by atomic mass is 79.9. The molecule has 2 rings (SSSR count). The number of aromatic nitrogens is 2. The third-order valence-electron chi connectivity index (χ3n) is 2.84. The molecule has 2 N–H and O–H groups in total. The first-order valence-electron chi connectivity index (χ1n) is 6.54. The molecule has 0 aliphatic rings. The van der Waals surface area contributed by atoms with Gasteiger partial charge in [0.15, 0.2) is 5.11 Å². The average molecular weight is 371 g/mol. The van der Waals surface area contributed by atoms with Crippen LogP contribution in [-0.2, 0) is 6.54 Å². The Hall–Kier alpha value is -1.47. The van der Waals surface area contributed by atoms with E-state index >= 15 is 0 Å². The number of anilines is 1. The topological polar surface area (TPSA) is 41.9 Å². The molecule has 0 atom stereocenters. The minimum atomic E-state index is -0.264. The summed E-state index contributed by atoms with van der Waals surface area (Å²) < 4.78 is 15.7. The number of nitrogens with one attached hydrogen (secondary N) is 2. The van der Waals surface area contributed by atoms with Gasteiger partial charge in [0.1, 0.15) is 5.82 Å². The molecule has 2 aromatic rings. The van der Waals surface area contributed by atoms with E-state index in [4.69, 9.17) is 12.2 Å². The van der Waals surface area contributed by atoms with Gasteiger partial charge in [0.2, 0.25) is 0 Å². The second-order valence-corrected chi connectivity index (χ2v) is 5.83. The number of aryl methyl sites for hydroxylation is 2. The van der Waals surface area contributed by atoms with Crippen LogP contribution in [0.4, 0.5) is 10.1 Å². The van der Waals surface area contributed by atoms with Crippen molar-refractivity contribution in [3.63, 3.8) is 0 Å². The Balaban J connectivity index is 1.68. The van der Waals surface area contributed by atoms with Crippen LogP contribution in [0.25, 0.3) is 0 Å². The Kier molecular flexibility index (Phi) is 5.69. The third-order valence-corrected chi connectivity index (χ3v) is 3.86. The normalized spacial score (nSPS) is 10.4. The molecule has 1 aromatic carbocycles. The molecule has 0 unspecified atom stereocenters. The van der Waals surface area contributed by atoms with Gasteiger partial charge in [0.25, 0.3) is 0 Å². The first-order chi connectivity index (χ1) is 10.0. The van der Waals surface area contributed by atoms with Crippen LogP contribution in [0.2, 0.25) is 0 Å². The Morgan fingerprint density at radius 3 is 2.71 bits per heavy atom. The summed E-state index contributed by atoms with van der Waals surface area (Å²) in [7, 11) is 0. The average Bonchev–Trinajstić information content (AvgIpc) is 2.76. The van der Waals surface area contributed by atoms with Crippen LogP contribution < -0.4 is 10.6 Å². The van der Waals surface area contributed by atoms with Gasteiger partial charge in [-0.2, -0.15) is 5.10 Å². The van der Waals surface area contributed by atoms with E-state index in [0.717, 1.165) is 35.4 Å². The van der Waals surface area contributed by atoms with Gasteiger partial charge in [0.05, 0.1) is 10.2 Å². The molecule has 1 heterocycles. The summed E-state index contributed by atoms with van der Waals surface area (Å²) in [5.41, 5.74) is 1.75. The molecule has 0 amide bonds. The SMILES string of the molecule is Cc1nn(CCCNC(=S)Nc2ccc(F)cc2)cc1Br. The fraction of sp³-hybridized carbons (Fsp3) is 0.286. The highest BCUT2D eigenvalue weighted by Gasteiger charge is 2.01. The number of nitrogens with zero attached hydrogens (tertiary/aromatic N) is 2. The van der Waals surface area contributed by atoms with Gasteiger partial charge in [-0.3, -0.25) is 4.68 Å². The second-order valence-electron chi connectivity index (χ2n) is 4.57. The lowest BCUT2D eigenvalue weighted by Crippen LogP contribution is -2.29. The highest BCUT2D eigenvalue weighted by Crippen LogP contribution is 2.13. The molecule has 0 radical (unpaired) electrons. The van der Waals surface area contributed by atoms with Crippen LogP contribution in [0.1, 0.15) is 12.1 Å². The molecule has 0 aliphatic heterocycles. The molecule has 0 saturated heterocycles. The summed E-state index contributed by atoms with van der Waals surface area (Å²) >= 11 is 8.61. The lowest BCUT2D eigenvalue weighted by molar-refractivity contribution is 0.570. The number of halogens is 2. The van der Waals surface area contributed by atoms with Gasteiger partial charge < -0.3 is 10.6 Å². The van der Waals surface area contributed by atoms with Crippen LogP contribution in [0.15, 0.2) is 34.9 Å². The van der Waals surface area contributed by atoms with E-state index in [2.05, 4.69) is 31.7 Å². The van der Waals surface area contributed by atoms with Crippen LogP contribution in [0.5, 0.6) is 0 Å². The summed E-state index contributed by atoms with van der Waals surface area (Å²) in [6, 6.07) is 6.08. The zero-order valence-corrected chi connectivity index (χ0v) is 14.0. The van der Waals surface area contributed by atoms with E-state index in [1.54, 1.807) is 12.1 Å². The van der Waals surface area contributed by atoms with E-state index in [-0.39, 0.29) is 5.82 Å². The predicted molar refractivity (Wildman–Crippen MR) is 89.9 cm³/mol. The number of thiocarbonyl (C=S) groups is 1. The van der Waals surface area contributed by atoms with Crippen molar-refractivity contribution in [1.29, 1.82) is 0 Å². The Labute approximate surface area is 136 Å². The minimum absolute atomic E-state index is 0.264. The number of hydrogen-bond donors (Lipinski definition) is 2. The van der Waals surface area contributed by atoms with E-state index in [1.807, 2.05) is 17.8 Å². The first-order valence-corrected chi connectivity index (χ1v) is 7.74. The van der Waals surface area contributed by atoms with Gasteiger partial charge in [-0.25, -0.2) is 4.39 Å². The number of benzene rings is 1. The molecule has 0 saturated carbocycles. The minimum Gasteiger partial charge on any atom is -0.362 e.